The summed E-state index contributed by atoms with van der Waals surface area (Å²) in [5.74, 6) is 1.28. The molecular formula is C28H34. The highest BCUT2D eigenvalue weighted by atomic mass is 14.5. The van der Waals surface area contributed by atoms with Crippen LogP contribution in [-0.4, -0.2) is 0 Å². The zero-order valence-electron chi connectivity index (χ0n) is 18.9. The van der Waals surface area contributed by atoms with Gasteiger partial charge < -0.3 is 0 Å². The molecule has 0 heterocycles. The molecule has 0 aliphatic heterocycles. The van der Waals surface area contributed by atoms with Crippen molar-refractivity contribution in [2.45, 2.75) is 79.1 Å². The van der Waals surface area contributed by atoms with E-state index in [0.717, 1.165) is 12.8 Å². The minimum Gasteiger partial charge on any atom is -0.0629 e. The fourth-order valence-electron chi connectivity index (χ4n) is 6.01. The van der Waals surface area contributed by atoms with Crippen LogP contribution in [0.2, 0.25) is 0 Å². The van der Waals surface area contributed by atoms with Gasteiger partial charge >= 0.3 is 0 Å². The molecule has 0 atom stereocenters. The lowest BCUT2D eigenvalue weighted by molar-refractivity contribution is 0.640. The van der Waals surface area contributed by atoms with Crippen LogP contribution in [0.1, 0.15) is 90.5 Å². The first-order valence-electron chi connectivity index (χ1n) is 11.1. The lowest BCUT2D eigenvalue weighted by Gasteiger charge is -2.27. The Hall–Kier alpha value is -1.82. The van der Waals surface area contributed by atoms with E-state index in [9.17, 15) is 0 Å². The molecule has 0 amide bonds. The van der Waals surface area contributed by atoms with E-state index in [-0.39, 0.29) is 10.8 Å². The van der Waals surface area contributed by atoms with Crippen LogP contribution in [0.15, 0.2) is 46.6 Å². The van der Waals surface area contributed by atoms with E-state index in [1.165, 1.54) is 11.1 Å². The molecule has 0 saturated heterocycles. The van der Waals surface area contributed by atoms with Crippen molar-refractivity contribution in [3.63, 3.8) is 0 Å². The SMILES string of the molecule is CC(C)C1=CC2=C(C1)c1cc3c(cc1C2(C)C)C1=C(C=C(C(C)C)C1)C3(C)C. The van der Waals surface area contributed by atoms with Crippen molar-refractivity contribution in [2.24, 2.45) is 11.8 Å². The third kappa shape index (κ3) is 2.13. The first kappa shape index (κ1) is 18.2. The topological polar surface area (TPSA) is 0 Å². The van der Waals surface area contributed by atoms with Gasteiger partial charge in [0.1, 0.15) is 0 Å². The molecule has 0 N–H and O–H groups in total. The Morgan fingerprint density at radius 3 is 1.32 bits per heavy atom. The fourth-order valence-corrected chi connectivity index (χ4v) is 6.01. The monoisotopic (exact) mass is 370 g/mol. The summed E-state index contributed by atoms with van der Waals surface area (Å²) >= 11 is 0. The highest BCUT2D eigenvalue weighted by Crippen LogP contribution is 2.59. The smallest absolute Gasteiger partial charge is 0.0155 e. The van der Waals surface area contributed by atoms with E-state index < -0.39 is 0 Å². The van der Waals surface area contributed by atoms with E-state index in [1.807, 2.05) is 0 Å². The average molecular weight is 371 g/mol. The molecule has 0 fully saturated rings. The maximum Gasteiger partial charge on any atom is 0.0155 e. The van der Waals surface area contributed by atoms with Gasteiger partial charge in [-0.2, -0.15) is 0 Å². The van der Waals surface area contributed by atoms with Gasteiger partial charge in [-0.3, -0.25) is 0 Å². The molecule has 146 valence electrons. The molecular weight excluding hydrogens is 336 g/mol. The van der Waals surface area contributed by atoms with Gasteiger partial charge in [-0.25, -0.2) is 0 Å². The maximum atomic E-state index is 2.58. The molecule has 4 aliphatic rings. The number of rotatable bonds is 2. The summed E-state index contributed by atoms with van der Waals surface area (Å²) < 4.78 is 0. The summed E-state index contributed by atoms with van der Waals surface area (Å²) in [6, 6.07) is 5.15. The zero-order valence-corrected chi connectivity index (χ0v) is 18.9. The molecule has 1 aromatic carbocycles. The molecule has 0 nitrogen and oxygen atoms in total. The van der Waals surface area contributed by atoms with Gasteiger partial charge in [0.05, 0.1) is 0 Å². The second-order valence-corrected chi connectivity index (χ2v) is 11.1. The number of hydrogen-bond donors (Lipinski definition) is 0. The highest BCUT2D eigenvalue weighted by Gasteiger charge is 2.45. The Labute approximate surface area is 171 Å². The summed E-state index contributed by atoms with van der Waals surface area (Å²) in [6.07, 6.45) is 7.34. The summed E-state index contributed by atoms with van der Waals surface area (Å²) in [5, 5.41) is 0. The molecule has 0 spiro atoms. The molecule has 5 rings (SSSR count). The van der Waals surface area contributed by atoms with Crippen molar-refractivity contribution < 1.29 is 0 Å². The van der Waals surface area contributed by atoms with Gasteiger partial charge in [0.25, 0.3) is 0 Å². The second-order valence-electron chi connectivity index (χ2n) is 11.1. The minimum absolute atomic E-state index is 0.122. The fraction of sp³-hybridized carbons (Fsp3) is 0.500. The summed E-state index contributed by atoms with van der Waals surface area (Å²) in [5.41, 5.74) is 16.0. The molecule has 1 aromatic rings. The van der Waals surface area contributed by atoms with Crippen molar-refractivity contribution in [1.82, 2.24) is 0 Å². The molecule has 0 bridgehead atoms. The Balaban J connectivity index is 1.64. The normalized spacial score (nSPS) is 23.4. The third-order valence-corrected chi connectivity index (χ3v) is 8.06. The summed E-state index contributed by atoms with van der Waals surface area (Å²) in [6.45, 7) is 19.1. The molecule has 0 saturated carbocycles. The van der Waals surface area contributed by atoms with Crippen LogP contribution >= 0.6 is 0 Å². The number of allylic oxidation sites excluding steroid dienone is 8. The van der Waals surface area contributed by atoms with Crippen LogP contribution in [0.4, 0.5) is 0 Å². The Kier molecular flexibility index (Phi) is 3.52. The zero-order chi connectivity index (χ0) is 20.2. The minimum atomic E-state index is 0.122. The number of hydrogen-bond acceptors (Lipinski definition) is 0. The largest absolute Gasteiger partial charge is 0.0629 e. The quantitative estimate of drug-likeness (QED) is 0.499. The molecule has 0 heteroatoms. The van der Waals surface area contributed by atoms with Gasteiger partial charge in [0, 0.05) is 10.8 Å². The molecule has 0 aromatic heterocycles. The first-order chi connectivity index (χ1) is 13.0. The van der Waals surface area contributed by atoms with Crippen molar-refractivity contribution in [3.05, 3.63) is 68.8 Å². The lowest BCUT2D eigenvalue weighted by Crippen LogP contribution is -2.19. The van der Waals surface area contributed by atoms with Crippen LogP contribution in [0.5, 0.6) is 0 Å². The molecule has 4 aliphatic carbocycles. The van der Waals surface area contributed by atoms with Crippen LogP contribution in [0.3, 0.4) is 0 Å². The van der Waals surface area contributed by atoms with Crippen LogP contribution < -0.4 is 0 Å². The van der Waals surface area contributed by atoms with Gasteiger partial charge in [-0.1, -0.05) is 78.7 Å². The highest BCUT2D eigenvalue weighted by molar-refractivity contribution is 5.92. The second kappa shape index (κ2) is 5.41. The van der Waals surface area contributed by atoms with Gasteiger partial charge in [-0.15, -0.1) is 0 Å². The van der Waals surface area contributed by atoms with E-state index in [2.05, 4.69) is 79.7 Å². The number of fused-ring (bicyclic) bond motifs is 4. The lowest BCUT2D eigenvalue weighted by atomic mass is 9.76. The van der Waals surface area contributed by atoms with Crippen molar-refractivity contribution in [2.75, 3.05) is 0 Å². The van der Waals surface area contributed by atoms with Gasteiger partial charge in [0.15, 0.2) is 0 Å². The molecule has 0 unspecified atom stereocenters. The van der Waals surface area contributed by atoms with E-state index in [1.54, 1.807) is 44.6 Å². The third-order valence-electron chi connectivity index (χ3n) is 8.06. The summed E-state index contributed by atoms with van der Waals surface area (Å²) in [7, 11) is 0. The maximum absolute atomic E-state index is 2.58. The van der Waals surface area contributed by atoms with Crippen molar-refractivity contribution >= 4 is 11.1 Å². The predicted molar refractivity (Wildman–Crippen MR) is 121 cm³/mol. The van der Waals surface area contributed by atoms with Crippen LogP contribution in [-0.2, 0) is 10.8 Å². The Bertz CT molecular complexity index is 956. The predicted octanol–water partition coefficient (Wildman–Crippen LogP) is 7.75. The van der Waals surface area contributed by atoms with Gasteiger partial charge in [-0.05, 0) is 81.4 Å². The Morgan fingerprint density at radius 2 is 1.00 bits per heavy atom. The van der Waals surface area contributed by atoms with Crippen molar-refractivity contribution in [1.29, 1.82) is 0 Å². The molecule has 0 radical (unpaired) electrons. The summed E-state index contributed by atoms with van der Waals surface area (Å²) in [4.78, 5) is 0. The average Bonchev–Trinajstić information content (AvgIpc) is 3.32. The van der Waals surface area contributed by atoms with E-state index in [0.29, 0.717) is 11.8 Å². The van der Waals surface area contributed by atoms with Gasteiger partial charge in [0.2, 0.25) is 0 Å². The van der Waals surface area contributed by atoms with Crippen molar-refractivity contribution in [3.8, 4) is 0 Å². The van der Waals surface area contributed by atoms with E-state index >= 15 is 0 Å². The van der Waals surface area contributed by atoms with E-state index in [4.69, 9.17) is 0 Å². The standard InChI is InChI=1S/C28H34/c1-15(2)17-9-19-21-13-26-22(14-25(21)27(5,6)23(19)11-17)20-10-18(16(3)4)12-24(20)28(26,7)8/h11-16H,9-10H2,1-8H3. The Morgan fingerprint density at radius 1 is 0.643 bits per heavy atom. The van der Waals surface area contributed by atoms with Crippen LogP contribution in [0, 0.1) is 11.8 Å². The first-order valence-corrected chi connectivity index (χ1v) is 11.1. The molecule has 28 heavy (non-hydrogen) atoms. The number of benzene rings is 1. The van der Waals surface area contributed by atoms with Crippen LogP contribution in [0.25, 0.3) is 11.1 Å².